The van der Waals surface area contributed by atoms with E-state index >= 15 is 0 Å². The summed E-state index contributed by atoms with van der Waals surface area (Å²) in [5.74, 6) is -0.576. The first kappa shape index (κ1) is 16.6. The molecule has 0 aliphatic carbocycles. The number of rotatable bonds is 5. The average molecular weight is 322 g/mol. The zero-order valence-electron chi connectivity index (χ0n) is 13.2. The van der Waals surface area contributed by atoms with Crippen LogP contribution < -0.4 is 4.74 Å². The fourth-order valence-corrected chi connectivity index (χ4v) is 2.79. The molecule has 0 saturated carbocycles. The predicted molar refractivity (Wildman–Crippen MR) is 87.0 cm³/mol. The zero-order chi connectivity index (χ0) is 16.3. The van der Waals surface area contributed by atoms with E-state index in [2.05, 4.69) is 4.98 Å². The number of carbonyl (C=O) groups excluding carboxylic acids is 1. The highest BCUT2D eigenvalue weighted by Crippen LogP contribution is 2.33. The summed E-state index contributed by atoms with van der Waals surface area (Å²) >= 11 is 6.19. The van der Waals surface area contributed by atoms with Crippen LogP contribution >= 0.6 is 11.6 Å². The van der Waals surface area contributed by atoms with Crippen molar-refractivity contribution in [2.24, 2.45) is 5.92 Å². The molecular weight excluding hydrogens is 302 g/mol. The van der Waals surface area contributed by atoms with Crippen LogP contribution in [0.25, 0.3) is 10.9 Å². The molecule has 1 aromatic carbocycles. The summed E-state index contributed by atoms with van der Waals surface area (Å²) in [5, 5.41) is 1.41. The Morgan fingerprint density at radius 1 is 1.36 bits per heavy atom. The van der Waals surface area contributed by atoms with E-state index in [4.69, 9.17) is 21.1 Å². The van der Waals surface area contributed by atoms with Crippen LogP contribution in [0.1, 0.15) is 34.1 Å². The van der Waals surface area contributed by atoms with Gasteiger partial charge in [-0.05, 0) is 30.2 Å². The Kier molecular flexibility index (Phi) is 4.91. The fourth-order valence-electron chi connectivity index (χ4n) is 2.58. The summed E-state index contributed by atoms with van der Waals surface area (Å²) in [4.78, 5) is 15.7. The normalized spacial score (nSPS) is 13.9. The topological polar surface area (TPSA) is 48.4 Å². The lowest BCUT2D eigenvalue weighted by Crippen LogP contribution is -2.39. The van der Waals surface area contributed by atoms with Crippen LogP contribution in [-0.2, 0) is 9.53 Å². The molecule has 0 bridgehead atoms. The van der Waals surface area contributed by atoms with Gasteiger partial charge in [0, 0.05) is 31.9 Å². The first-order valence-corrected chi connectivity index (χ1v) is 7.60. The number of hydrogen-bond donors (Lipinski definition) is 0. The number of aromatic nitrogens is 1. The van der Waals surface area contributed by atoms with Gasteiger partial charge in [-0.3, -0.25) is 9.78 Å². The second kappa shape index (κ2) is 6.53. The van der Waals surface area contributed by atoms with Crippen molar-refractivity contribution >= 4 is 28.5 Å². The van der Waals surface area contributed by atoms with Crippen molar-refractivity contribution in [2.45, 2.75) is 39.9 Å². The van der Waals surface area contributed by atoms with Crippen molar-refractivity contribution in [3.8, 4) is 5.75 Å². The number of halogens is 1. The van der Waals surface area contributed by atoms with Gasteiger partial charge in [0.25, 0.3) is 5.79 Å². The summed E-state index contributed by atoms with van der Waals surface area (Å²) in [7, 11) is 0. The molecule has 2 rings (SSSR count). The number of ether oxygens (including phenoxy) is 2. The molecule has 5 heteroatoms. The van der Waals surface area contributed by atoms with E-state index in [1.807, 2.05) is 26.0 Å². The van der Waals surface area contributed by atoms with E-state index in [-0.39, 0.29) is 5.97 Å². The quantitative estimate of drug-likeness (QED) is 0.597. The standard InChI is InChI=1S/C17H20ClNO3/c1-11(2)10-17(4,21-12(3)20)22-15-8-7-14(18)13-6-5-9-19-16(13)15/h5-9,11H,10H2,1-4H3. The minimum absolute atomic E-state index is 0.302. The van der Waals surface area contributed by atoms with Gasteiger partial charge in [0.1, 0.15) is 5.52 Å². The summed E-state index contributed by atoms with van der Waals surface area (Å²) in [5.41, 5.74) is 0.650. The molecule has 2 aromatic rings. The van der Waals surface area contributed by atoms with E-state index in [0.29, 0.717) is 28.6 Å². The SMILES string of the molecule is CC(=O)OC(C)(CC(C)C)Oc1ccc(Cl)c2cccnc12. The second-order valence-corrected chi connectivity index (χ2v) is 6.28. The van der Waals surface area contributed by atoms with E-state index in [1.54, 1.807) is 25.3 Å². The van der Waals surface area contributed by atoms with Crippen LogP contribution in [0.3, 0.4) is 0 Å². The van der Waals surface area contributed by atoms with Crippen molar-refractivity contribution < 1.29 is 14.3 Å². The number of fused-ring (bicyclic) bond motifs is 1. The highest BCUT2D eigenvalue weighted by atomic mass is 35.5. The molecule has 0 fully saturated rings. The lowest BCUT2D eigenvalue weighted by molar-refractivity contribution is -0.194. The molecule has 0 radical (unpaired) electrons. The Morgan fingerprint density at radius 2 is 2.09 bits per heavy atom. The van der Waals surface area contributed by atoms with Gasteiger partial charge in [-0.15, -0.1) is 0 Å². The third kappa shape index (κ3) is 3.89. The molecule has 0 amide bonds. The molecule has 118 valence electrons. The number of nitrogens with zero attached hydrogens (tertiary/aromatic N) is 1. The highest BCUT2D eigenvalue weighted by Gasteiger charge is 2.32. The summed E-state index contributed by atoms with van der Waals surface area (Å²) in [6.07, 6.45) is 2.25. The minimum Gasteiger partial charge on any atom is -0.450 e. The molecule has 0 aliphatic heterocycles. The molecular formula is C17H20ClNO3. The number of benzene rings is 1. The van der Waals surface area contributed by atoms with Gasteiger partial charge in [0.2, 0.25) is 0 Å². The van der Waals surface area contributed by atoms with Crippen LogP contribution in [0.4, 0.5) is 0 Å². The fraction of sp³-hybridized carbons (Fsp3) is 0.412. The Bertz CT molecular complexity index is 687. The van der Waals surface area contributed by atoms with Gasteiger partial charge in [-0.25, -0.2) is 0 Å². The summed E-state index contributed by atoms with van der Waals surface area (Å²) < 4.78 is 11.4. The second-order valence-electron chi connectivity index (χ2n) is 5.87. The number of esters is 1. The first-order chi connectivity index (χ1) is 10.3. The average Bonchev–Trinajstić information content (AvgIpc) is 2.40. The van der Waals surface area contributed by atoms with E-state index in [1.165, 1.54) is 6.92 Å². The third-order valence-electron chi connectivity index (χ3n) is 3.14. The van der Waals surface area contributed by atoms with Crippen LogP contribution in [-0.4, -0.2) is 16.7 Å². The maximum atomic E-state index is 11.4. The van der Waals surface area contributed by atoms with Gasteiger partial charge in [-0.2, -0.15) is 0 Å². The Hall–Kier alpha value is -1.81. The Morgan fingerprint density at radius 3 is 2.73 bits per heavy atom. The molecule has 0 spiro atoms. The Labute approximate surface area is 135 Å². The molecule has 0 N–H and O–H groups in total. The summed E-state index contributed by atoms with van der Waals surface area (Å²) in [6.45, 7) is 7.23. The maximum absolute atomic E-state index is 11.4. The molecule has 1 atom stereocenters. The van der Waals surface area contributed by atoms with Gasteiger partial charge < -0.3 is 9.47 Å². The largest absolute Gasteiger partial charge is 0.450 e. The molecule has 0 saturated heterocycles. The van der Waals surface area contributed by atoms with Crippen LogP contribution in [0.2, 0.25) is 5.02 Å². The monoisotopic (exact) mass is 321 g/mol. The minimum atomic E-state index is -1.04. The molecule has 0 aliphatic rings. The number of carbonyl (C=O) groups is 1. The van der Waals surface area contributed by atoms with Crippen LogP contribution in [0.5, 0.6) is 5.75 Å². The Balaban J connectivity index is 2.42. The van der Waals surface area contributed by atoms with Crippen molar-refractivity contribution in [3.05, 3.63) is 35.5 Å². The first-order valence-electron chi connectivity index (χ1n) is 7.22. The zero-order valence-corrected chi connectivity index (χ0v) is 14.0. The van der Waals surface area contributed by atoms with Gasteiger partial charge >= 0.3 is 5.97 Å². The van der Waals surface area contributed by atoms with Crippen molar-refractivity contribution in [3.63, 3.8) is 0 Å². The lowest BCUT2D eigenvalue weighted by Gasteiger charge is -2.31. The predicted octanol–water partition coefficient (Wildman–Crippen LogP) is 4.59. The van der Waals surface area contributed by atoms with E-state index in [0.717, 1.165) is 5.39 Å². The lowest BCUT2D eigenvalue weighted by atomic mass is 10.0. The van der Waals surface area contributed by atoms with Crippen molar-refractivity contribution in [2.75, 3.05) is 0 Å². The number of pyridine rings is 1. The third-order valence-corrected chi connectivity index (χ3v) is 3.47. The molecule has 1 heterocycles. The number of hydrogen-bond acceptors (Lipinski definition) is 4. The van der Waals surface area contributed by atoms with Crippen molar-refractivity contribution in [1.29, 1.82) is 0 Å². The summed E-state index contributed by atoms with van der Waals surface area (Å²) in [6, 6.07) is 7.20. The van der Waals surface area contributed by atoms with Gasteiger partial charge in [-0.1, -0.05) is 25.4 Å². The molecule has 22 heavy (non-hydrogen) atoms. The molecule has 1 unspecified atom stereocenters. The molecule has 1 aromatic heterocycles. The van der Waals surface area contributed by atoms with Gasteiger partial charge in [0.05, 0.1) is 5.02 Å². The van der Waals surface area contributed by atoms with Gasteiger partial charge in [0.15, 0.2) is 5.75 Å². The van der Waals surface area contributed by atoms with Crippen LogP contribution in [0.15, 0.2) is 30.5 Å². The van der Waals surface area contributed by atoms with E-state index in [9.17, 15) is 4.79 Å². The highest BCUT2D eigenvalue weighted by molar-refractivity contribution is 6.35. The van der Waals surface area contributed by atoms with Crippen LogP contribution in [0, 0.1) is 5.92 Å². The molecule has 4 nitrogen and oxygen atoms in total. The maximum Gasteiger partial charge on any atom is 0.305 e. The van der Waals surface area contributed by atoms with Crippen molar-refractivity contribution in [1.82, 2.24) is 4.98 Å². The smallest absolute Gasteiger partial charge is 0.305 e. The van der Waals surface area contributed by atoms with E-state index < -0.39 is 5.79 Å².